The van der Waals surface area contributed by atoms with E-state index in [9.17, 15) is 0 Å². The molecule has 1 heterocycles. The Balaban J connectivity index is 1.99. The Labute approximate surface area is 111 Å². The third kappa shape index (κ3) is 2.96. The van der Waals surface area contributed by atoms with Gasteiger partial charge < -0.3 is 15.5 Å². The zero-order chi connectivity index (χ0) is 13.1. The quantitative estimate of drug-likeness (QED) is 0.832. The van der Waals surface area contributed by atoms with Crippen molar-refractivity contribution in [1.29, 1.82) is 0 Å². The molecule has 1 aliphatic rings. The Morgan fingerprint density at radius 2 is 2.00 bits per heavy atom. The molecule has 1 aromatic carbocycles. The summed E-state index contributed by atoms with van der Waals surface area (Å²) >= 11 is 0. The molecule has 0 amide bonds. The molecule has 2 N–H and O–H groups in total. The number of anilines is 2. The minimum absolute atomic E-state index is 0.797. The Bertz CT molecular complexity index is 395. The number of likely N-dealkylation sites (tertiary alicyclic amines) is 1. The first-order valence-electron chi connectivity index (χ1n) is 6.82. The number of para-hydroxylation sites is 1. The molecule has 3 heteroatoms. The van der Waals surface area contributed by atoms with Gasteiger partial charge >= 0.3 is 0 Å². The summed E-state index contributed by atoms with van der Waals surface area (Å²) in [6.45, 7) is 5.63. The van der Waals surface area contributed by atoms with Crippen LogP contribution in [0, 0.1) is 12.8 Å². The molecule has 100 valence electrons. The molecule has 0 radical (unpaired) electrons. The van der Waals surface area contributed by atoms with E-state index in [1.165, 1.54) is 37.2 Å². The van der Waals surface area contributed by atoms with Gasteiger partial charge in [-0.3, -0.25) is 0 Å². The van der Waals surface area contributed by atoms with Gasteiger partial charge in [-0.2, -0.15) is 0 Å². The molecule has 0 atom stereocenters. The molecule has 0 saturated carbocycles. The van der Waals surface area contributed by atoms with E-state index < -0.39 is 0 Å². The standard InChI is InChI=1S/C15H25N3/c1-12-5-4-6-14(15(12)16)18(3)11-13-7-9-17(2)10-8-13/h4-6,13H,7-11,16H2,1-3H3. The highest BCUT2D eigenvalue weighted by molar-refractivity contribution is 5.70. The summed E-state index contributed by atoms with van der Waals surface area (Å²) in [6, 6.07) is 6.28. The maximum absolute atomic E-state index is 6.16. The number of nitrogen functional groups attached to an aromatic ring is 1. The monoisotopic (exact) mass is 247 g/mol. The lowest BCUT2D eigenvalue weighted by Gasteiger charge is -2.33. The van der Waals surface area contributed by atoms with E-state index in [-0.39, 0.29) is 0 Å². The molecule has 0 unspecified atom stereocenters. The molecule has 18 heavy (non-hydrogen) atoms. The number of rotatable bonds is 3. The van der Waals surface area contributed by atoms with Crippen molar-refractivity contribution in [2.75, 3.05) is 44.4 Å². The van der Waals surface area contributed by atoms with E-state index in [1.807, 2.05) is 0 Å². The van der Waals surface area contributed by atoms with Crippen molar-refractivity contribution in [2.45, 2.75) is 19.8 Å². The molecular formula is C15H25N3. The van der Waals surface area contributed by atoms with Crippen molar-refractivity contribution in [2.24, 2.45) is 5.92 Å². The van der Waals surface area contributed by atoms with Crippen LogP contribution in [-0.4, -0.2) is 38.6 Å². The van der Waals surface area contributed by atoms with E-state index in [2.05, 4.69) is 49.0 Å². The minimum Gasteiger partial charge on any atom is -0.397 e. The number of nitrogens with two attached hydrogens (primary N) is 1. The summed E-state index contributed by atoms with van der Waals surface area (Å²) in [6.07, 6.45) is 2.60. The van der Waals surface area contributed by atoms with Crippen LogP contribution < -0.4 is 10.6 Å². The minimum atomic E-state index is 0.797. The van der Waals surface area contributed by atoms with Crippen LogP contribution in [0.1, 0.15) is 18.4 Å². The third-order valence-corrected chi connectivity index (χ3v) is 4.08. The number of nitrogens with zero attached hydrogens (tertiary/aromatic N) is 2. The van der Waals surface area contributed by atoms with Gasteiger partial charge in [0.2, 0.25) is 0 Å². The third-order valence-electron chi connectivity index (χ3n) is 4.08. The molecule has 1 aliphatic heterocycles. The topological polar surface area (TPSA) is 32.5 Å². The van der Waals surface area contributed by atoms with E-state index in [4.69, 9.17) is 5.73 Å². The molecule has 1 saturated heterocycles. The summed E-state index contributed by atoms with van der Waals surface area (Å²) < 4.78 is 0. The average molecular weight is 247 g/mol. The summed E-state index contributed by atoms with van der Waals surface area (Å²) in [5.41, 5.74) is 9.43. The second-order valence-corrected chi connectivity index (χ2v) is 5.63. The summed E-state index contributed by atoms with van der Waals surface area (Å²) in [7, 11) is 4.36. The lowest BCUT2D eigenvalue weighted by molar-refractivity contribution is 0.222. The molecule has 0 aromatic heterocycles. The smallest absolute Gasteiger partial charge is 0.0600 e. The zero-order valence-corrected chi connectivity index (χ0v) is 11.8. The number of piperidine rings is 1. The predicted molar refractivity (Wildman–Crippen MR) is 79.1 cm³/mol. The molecule has 1 aromatic rings. The van der Waals surface area contributed by atoms with Gasteiger partial charge in [-0.1, -0.05) is 12.1 Å². The summed E-state index contributed by atoms with van der Waals surface area (Å²) in [5.74, 6) is 0.797. The lowest BCUT2D eigenvalue weighted by atomic mass is 9.96. The van der Waals surface area contributed by atoms with E-state index in [1.54, 1.807) is 0 Å². The molecule has 0 spiro atoms. The van der Waals surface area contributed by atoms with Crippen LogP contribution in [0.15, 0.2) is 18.2 Å². The predicted octanol–water partition coefficient (Wildman–Crippen LogP) is 2.36. The van der Waals surface area contributed by atoms with Gasteiger partial charge in [-0.15, -0.1) is 0 Å². The van der Waals surface area contributed by atoms with Gasteiger partial charge in [-0.05, 0) is 57.5 Å². The summed E-state index contributed by atoms with van der Waals surface area (Å²) in [5, 5.41) is 0. The maximum Gasteiger partial charge on any atom is 0.0600 e. The van der Waals surface area contributed by atoms with Crippen molar-refractivity contribution in [1.82, 2.24) is 4.90 Å². The van der Waals surface area contributed by atoms with Crippen molar-refractivity contribution in [3.8, 4) is 0 Å². The summed E-state index contributed by atoms with van der Waals surface area (Å²) in [4.78, 5) is 4.73. The van der Waals surface area contributed by atoms with Crippen molar-refractivity contribution < 1.29 is 0 Å². The first-order chi connectivity index (χ1) is 8.58. The molecule has 1 fully saturated rings. The molecule has 2 rings (SSSR count). The van der Waals surface area contributed by atoms with Crippen LogP contribution in [0.5, 0.6) is 0 Å². The number of aryl methyl sites for hydroxylation is 1. The highest BCUT2D eigenvalue weighted by Gasteiger charge is 2.19. The SMILES string of the molecule is Cc1cccc(N(C)CC2CCN(C)CC2)c1N. The van der Waals surface area contributed by atoms with E-state index in [0.717, 1.165) is 18.2 Å². The fourth-order valence-electron chi connectivity index (χ4n) is 2.73. The van der Waals surface area contributed by atoms with Crippen LogP contribution in [0.25, 0.3) is 0 Å². The Hall–Kier alpha value is -1.22. The van der Waals surface area contributed by atoms with Crippen molar-refractivity contribution in [3.63, 3.8) is 0 Å². The number of hydrogen-bond donors (Lipinski definition) is 1. The molecule has 0 bridgehead atoms. The molecular weight excluding hydrogens is 222 g/mol. The van der Waals surface area contributed by atoms with Crippen LogP contribution >= 0.6 is 0 Å². The average Bonchev–Trinajstić information content (AvgIpc) is 2.35. The van der Waals surface area contributed by atoms with Gasteiger partial charge in [0, 0.05) is 13.6 Å². The molecule has 0 aliphatic carbocycles. The highest BCUT2D eigenvalue weighted by atomic mass is 15.1. The van der Waals surface area contributed by atoms with Crippen LogP contribution in [0.3, 0.4) is 0 Å². The largest absolute Gasteiger partial charge is 0.397 e. The van der Waals surface area contributed by atoms with Crippen LogP contribution in [-0.2, 0) is 0 Å². The van der Waals surface area contributed by atoms with Crippen LogP contribution in [0.4, 0.5) is 11.4 Å². The van der Waals surface area contributed by atoms with Crippen LogP contribution in [0.2, 0.25) is 0 Å². The van der Waals surface area contributed by atoms with Gasteiger partial charge in [0.05, 0.1) is 11.4 Å². The van der Waals surface area contributed by atoms with Crippen molar-refractivity contribution >= 4 is 11.4 Å². The Morgan fingerprint density at radius 3 is 2.67 bits per heavy atom. The van der Waals surface area contributed by atoms with E-state index in [0.29, 0.717) is 0 Å². The van der Waals surface area contributed by atoms with Crippen molar-refractivity contribution in [3.05, 3.63) is 23.8 Å². The zero-order valence-electron chi connectivity index (χ0n) is 11.8. The Kier molecular flexibility index (Phi) is 4.12. The van der Waals surface area contributed by atoms with Gasteiger partial charge in [0.15, 0.2) is 0 Å². The number of benzene rings is 1. The van der Waals surface area contributed by atoms with Gasteiger partial charge in [0.1, 0.15) is 0 Å². The Morgan fingerprint density at radius 1 is 1.33 bits per heavy atom. The normalized spacial score (nSPS) is 17.9. The highest BCUT2D eigenvalue weighted by Crippen LogP contribution is 2.27. The first kappa shape index (κ1) is 13.2. The number of hydrogen-bond acceptors (Lipinski definition) is 3. The first-order valence-corrected chi connectivity index (χ1v) is 6.82. The molecule has 3 nitrogen and oxygen atoms in total. The lowest BCUT2D eigenvalue weighted by Crippen LogP contribution is -2.35. The van der Waals surface area contributed by atoms with E-state index >= 15 is 0 Å². The fraction of sp³-hybridized carbons (Fsp3) is 0.600. The van der Waals surface area contributed by atoms with Gasteiger partial charge in [-0.25, -0.2) is 0 Å². The maximum atomic E-state index is 6.16. The second kappa shape index (κ2) is 5.61. The fourth-order valence-corrected chi connectivity index (χ4v) is 2.73. The second-order valence-electron chi connectivity index (χ2n) is 5.63. The van der Waals surface area contributed by atoms with Gasteiger partial charge in [0.25, 0.3) is 0 Å².